The van der Waals surface area contributed by atoms with Gasteiger partial charge in [-0.1, -0.05) is 75.4 Å². The number of nitrogens with zero attached hydrogens (tertiary/aromatic N) is 3. The van der Waals surface area contributed by atoms with Crippen molar-refractivity contribution in [3.8, 4) is 11.3 Å². The summed E-state index contributed by atoms with van der Waals surface area (Å²) in [5.41, 5.74) is 4.39. The third-order valence-corrected chi connectivity index (χ3v) is 7.21. The van der Waals surface area contributed by atoms with E-state index in [0.29, 0.717) is 0 Å². The van der Waals surface area contributed by atoms with Crippen molar-refractivity contribution in [3.05, 3.63) is 72.9 Å². The molecule has 0 unspecified atom stereocenters. The predicted molar refractivity (Wildman–Crippen MR) is 176 cm³/mol. The second-order valence-electron chi connectivity index (χ2n) is 12.9. The zero-order valence-corrected chi connectivity index (χ0v) is 25.8. The summed E-state index contributed by atoms with van der Waals surface area (Å²) >= 11 is 0. The van der Waals surface area contributed by atoms with E-state index in [1.165, 1.54) is 32.8 Å². The zero-order valence-electron chi connectivity index (χ0n) is 25.0. The van der Waals surface area contributed by atoms with Gasteiger partial charge in [-0.2, -0.15) is 0 Å². The molecule has 212 valence electrons. The molecule has 0 amide bonds. The fourth-order valence-corrected chi connectivity index (χ4v) is 6.16. The number of fused-ring (bicyclic) bond motifs is 3. The summed E-state index contributed by atoms with van der Waals surface area (Å²) in [6.45, 7) is 13.5. The molecule has 0 spiro atoms. The van der Waals surface area contributed by atoms with E-state index in [0.717, 1.165) is 43.1 Å². The highest BCUT2D eigenvalue weighted by atomic mass is 35.5. The number of nitrogens with one attached hydrogen (secondary N) is 2. The van der Waals surface area contributed by atoms with Crippen LogP contribution in [-0.4, -0.2) is 47.0 Å². The van der Waals surface area contributed by atoms with E-state index in [2.05, 4.69) is 142 Å². The number of hydrogen-bond donors (Lipinski definition) is 2. The number of rotatable bonds is 9. The molecule has 0 fully saturated rings. The third kappa shape index (κ3) is 6.21. The lowest BCUT2D eigenvalue weighted by molar-refractivity contribution is 0.302. The Bertz CT molecular complexity index is 1550. The SMILES string of the molecule is CN(C)CCCNc1c2ccccc2c(-c2nc3ccccn3c2NC(C)(C)CC(C)(C)C)c2ccccc12.Cl. The quantitative estimate of drug-likeness (QED) is 0.140. The molecule has 0 aliphatic carbocycles. The van der Waals surface area contributed by atoms with Crippen LogP contribution in [0, 0.1) is 5.41 Å². The molecule has 0 bridgehead atoms. The van der Waals surface area contributed by atoms with Gasteiger partial charge in [0.25, 0.3) is 0 Å². The van der Waals surface area contributed by atoms with E-state index < -0.39 is 0 Å². The maximum Gasteiger partial charge on any atom is 0.139 e. The second kappa shape index (κ2) is 11.7. The number of halogens is 1. The highest BCUT2D eigenvalue weighted by Crippen LogP contribution is 2.44. The van der Waals surface area contributed by atoms with Gasteiger partial charge in [-0.05, 0) is 75.6 Å². The van der Waals surface area contributed by atoms with Crippen LogP contribution >= 0.6 is 12.4 Å². The largest absolute Gasteiger partial charge is 0.384 e. The average molecular weight is 558 g/mol. The number of imidazole rings is 1. The van der Waals surface area contributed by atoms with E-state index in [1.54, 1.807) is 0 Å². The molecule has 40 heavy (non-hydrogen) atoms. The van der Waals surface area contributed by atoms with Gasteiger partial charge in [0.1, 0.15) is 17.2 Å². The van der Waals surface area contributed by atoms with Crippen molar-refractivity contribution >= 4 is 51.1 Å². The van der Waals surface area contributed by atoms with Crippen LogP contribution < -0.4 is 10.6 Å². The molecule has 5 aromatic rings. The molecular weight excluding hydrogens is 514 g/mol. The fourth-order valence-electron chi connectivity index (χ4n) is 6.16. The van der Waals surface area contributed by atoms with Crippen LogP contribution in [0.1, 0.15) is 47.5 Å². The zero-order chi connectivity index (χ0) is 27.8. The monoisotopic (exact) mass is 557 g/mol. The van der Waals surface area contributed by atoms with Gasteiger partial charge in [0, 0.05) is 40.3 Å². The highest BCUT2D eigenvalue weighted by Gasteiger charge is 2.29. The smallest absolute Gasteiger partial charge is 0.139 e. The van der Waals surface area contributed by atoms with Crippen LogP contribution in [-0.2, 0) is 0 Å². The lowest BCUT2D eigenvalue weighted by atomic mass is 9.81. The number of hydrogen-bond acceptors (Lipinski definition) is 4. The topological polar surface area (TPSA) is 44.6 Å². The molecule has 0 atom stereocenters. The molecular formula is C34H44ClN5. The van der Waals surface area contributed by atoms with Crippen LogP contribution in [0.25, 0.3) is 38.4 Å². The molecule has 5 nitrogen and oxygen atoms in total. The van der Waals surface area contributed by atoms with Crippen LogP contribution in [0.4, 0.5) is 11.5 Å². The molecule has 0 aliphatic rings. The van der Waals surface area contributed by atoms with Crippen molar-refractivity contribution in [3.63, 3.8) is 0 Å². The van der Waals surface area contributed by atoms with Gasteiger partial charge in [-0.15, -0.1) is 12.4 Å². The summed E-state index contributed by atoms with van der Waals surface area (Å²) in [7, 11) is 4.26. The van der Waals surface area contributed by atoms with Gasteiger partial charge in [0.15, 0.2) is 0 Å². The summed E-state index contributed by atoms with van der Waals surface area (Å²) in [5.74, 6) is 1.04. The van der Waals surface area contributed by atoms with Gasteiger partial charge in [-0.25, -0.2) is 4.98 Å². The van der Waals surface area contributed by atoms with Gasteiger partial charge in [-0.3, -0.25) is 4.40 Å². The molecule has 5 rings (SSSR count). The van der Waals surface area contributed by atoms with Crippen molar-refractivity contribution < 1.29 is 0 Å². The molecule has 0 saturated heterocycles. The van der Waals surface area contributed by atoms with Gasteiger partial charge in [0.2, 0.25) is 0 Å². The molecule has 0 radical (unpaired) electrons. The van der Waals surface area contributed by atoms with Crippen molar-refractivity contribution in [2.75, 3.05) is 37.8 Å². The van der Waals surface area contributed by atoms with Crippen molar-refractivity contribution in [1.82, 2.24) is 14.3 Å². The third-order valence-electron chi connectivity index (χ3n) is 7.21. The lowest BCUT2D eigenvalue weighted by Gasteiger charge is -2.34. The van der Waals surface area contributed by atoms with E-state index in [4.69, 9.17) is 4.98 Å². The number of pyridine rings is 1. The van der Waals surface area contributed by atoms with Gasteiger partial charge >= 0.3 is 0 Å². The van der Waals surface area contributed by atoms with E-state index in [9.17, 15) is 0 Å². The predicted octanol–water partition coefficient (Wildman–Crippen LogP) is 8.72. The van der Waals surface area contributed by atoms with Crippen LogP contribution in [0.15, 0.2) is 72.9 Å². The standard InChI is InChI=1S/C34H43N5.ClH/c1-33(2,3)23-34(4,5)37-32-31(36-28-19-12-13-22-39(28)32)29-24-15-8-10-17-26(24)30(35-20-14-21-38(6)7)27-18-11-9-16-25(27)29;/h8-13,15-19,22,35,37H,14,20-21,23H2,1-7H3;1H. The molecule has 6 heteroatoms. The molecule has 0 saturated carbocycles. The van der Waals surface area contributed by atoms with Crippen LogP contribution in [0.2, 0.25) is 0 Å². The van der Waals surface area contributed by atoms with E-state index in [-0.39, 0.29) is 23.4 Å². The van der Waals surface area contributed by atoms with E-state index >= 15 is 0 Å². The van der Waals surface area contributed by atoms with Crippen LogP contribution in [0.5, 0.6) is 0 Å². The Labute approximate surface area is 245 Å². The first-order valence-electron chi connectivity index (χ1n) is 14.1. The van der Waals surface area contributed by atoms with Crippen LogP contribution in [0.3, 0.4) is 0 Å². The minimum atomic E-state index is -0.127. The highest BCUT2D eigenvalue weighted by molar-refractivity contribution is 6.21. The summed E-state index contributed by atoms with van der Waals surface area (Å²) in [6.07, 6.45) is 4.23. The normalized spacial score (nSPS) is 12.3. The Morgan fingerprint density at radius 2 is 1.38 bits per heavy atom. The number of aromatic nitrogens is 2. The Balaban J connectivity index is 0.00000370. The fraction of sp³-hybridized carbons (Fsp3) is 0.382. The number of benzene rings is 3. The second-order valence-corrected chi connectivity index (χ2v) is 12.9. The number of anilines is 2. The Morgan fingerprint density at radius 1 is 0.800 bits per heavy atom. The van der Waals surface area contributed by atoms with Crippen molar-refractivity contribution in [2.24, 2.45) is 5.41 Å². The van der Waals surface area contributed by atoms with Gasteiger partial charge in [0.05, 0.1) is 0 Å². The first-order chi connectivity index (χ1) is 18.5. The van der Waals surface area contributed by atoms with Crippen molar-refractivity contribution in [1.29, 1.82) is 0 Å². The summed E-state index contributed by atoms with van der Waals surface area (Å²) in [5, 5.41) is 12.6. The van der Waals surface area contributed by atoms with Gasteiger partial charge < -0.3 is 15.5 Å². The molecule has 2 aromatic heterocycles. The average Bonchev–Trinajstić information content (AvgIpc) is 3.21. The minimum absolute atomic E-state index is 0. The summed E-state index contributed by atoms with van der Waals surface area (Å²) < 4.78 is 2.21. The first kappa shape index (κ1) is 29.7. The molecule has 2 heterocycles. The molecule has 0 aliphatic heterocycles. The van der Waals surface area contributed by atoms with E-state index in [1.807, 2.05) is 0 Å². The Hall–Kier alpha value is -3.28. The first-order valence-corrected chi connectivity index (χ1v) is 14.1. The molecule has 3 aromatic carbocycles. The minimum Gasteiger partial charge on any atom is -0.384 e. The van der Waals surface area contributed by atoms with Crippen molar-refractivity contribution in [2.45, 2.75) is 53.0 Å². The Morgan fingerprint density at radius 3 is 1.95 bits per heavy atom. The maximum atomic E-state index is 5.26. The Kier molecular flexibility index (Phi) is 8.67. The lowest BCUT2D eigenvalue weighted by Crippen LogP contribution is -2.36. The summed E-state index contributed by atoms with van der Waals surface area (Å²) in [6, 6.07) is 23.8. The molecule has 2 N–H and O–H groups in total. The maximum absolute atomic E-state index is 5.26. The summed E-state index contributed by atoms with van der Waals surface area (Å²) in [4.78, 5) is 7.50.